The van der Waals surface area contributed by atoms with Crippen LogP contribution in [0.15, 0.2) is 36.4 Å². The number of alkyl halides is 10. The Labute approximate surface area is 223 Å². The summed E-state index contributed by atoms with van der Waals surface area (Å²) < 4.78 is 151. The van der Waals surface area contributed by atoms with Crippen LogP contribution in [0.2, 0.25) is 25.7 Å². The first-order chi connectivity index (χ1) is 18.3. The van der Waals surface area contributed by atoms with Crippen LogP contribution in [0.3, 0.4) is 0 Å². The van der Waals surface area contributed by atoms with Crippen molar-refractivity contribution in [1.82, 2.24) is 0 Å². The largest absolute Gasteiger partial charge is 0.468 e. The van der Waals surface area contributed by atoms with Gasteiger partial charge in [-0.15, -0.1) is 0 Å². The molecule has 2 rings (SSSR count). The molecule has 1 N–H and O–H groups in total. The van der Waals surface area contributed by atoms with Crippen molar-refractivity contribution in [2.24, 2.45) is 0 Å². The van der Waals surface area contributed by atoms with Crippen LogP contribution >= 0.6 is 0 Å². The van der Waals surface area contributed by atoms with E-state index < -0.39 is 86.4 Å². The predicted octanol–water partition coefficient (Wildman–Crippen LogP) is 7.87. The highest BCUT2D eigenvalue weighted by atomic mass is 28.3. The average molecular weight is 613 g/mol. The molecule has 0 amide bonds. The van der Waals surface area contributed by atoms with E-state index in [0.29, 0.717) is 18.2 Å². The van der Waals surface area contributed by atoms with Crippen LogP contribution in [0.5, 0.6) is 17.2 Å². The molecule has 0 aliphatic carbocycles. The molecule has 1 unspecified atom stereocenters. The van der Waals surface area contributed by atoms with E-state index in [1.165, 1.54) is 0 Å². The van der Waals surface area contributed by atoms with Gasteiger partial charge in [-0.3, -0.25) is 0 Å². The van der Waals surface area contributed by atoms with E-state index in [9.17, 15) is 49.0 Å². The van der Waals surface area contributed by atoms with Crippen LogP contribution in [0, 0.1) is 0 Å². The van der Waals surface area contributed by atoms with Gasteiger partial charge in [-0.25, -0.2) is 0 Å². The Morgan fingerprint density at radius 3 is 1.88 bits per heavy atom. The maximum Gasteiger partial charge on any atom is 0.404 e. The molecule has 0 aromatic heterocycles. The Hall–Kier alpha value is -2.72. The second-order valence-corrected chi connectivity index (χ2v) is 15.3. The molecule has 40 heavy (non-hydrogen) atoms. The van der Waals surface area contributed by atoms with Gasteiger partial charge in [0.2, 0.25) is 0 Å². The van der Waals surface area contributed by atoms with Gasteiger partial charge in [-0.05, 0) is 47.0 Å². The van der Waals surface area contributed by atoms with Crippen LogP contribution < -0.4 is 14.2 Å². The average Bonchev–Trinajstić information content (AvgIpc) is 2.76. The fourth-order valence-electron chi connectivity index (χ4n) is 3.48. The highest BCUT2D eigenvalue weighted by Crippen LogP contribution is 2.49. The molecule has 2 aromatic carbocycles. The minimum Gasteiger partial charge on any atom is -0.468 e. The van der Waals surface area contributed by atoms with Crippen molar-refractivity contribution in [2.45, 2.75) is 63.3 Å². The highest BCUT2D eigenvalue weighted by Gasteiger charge is 2.58. The van der Waals surface area contributed by atoms with Crippen LogP contribution in [0.25, 0.3) is 0 Å². The maximum absolute atomic E-state index is 13.7. The summed E-state index contributed by atoms with van der Waals surface area (Å²) in [5.41, 5.74) is -2.89. The van der Waals surface area contributed by atoms with E-state index in [0.717, 1.165) is 24.2 Å². The molecule has 0 aliphatic heterocycles. The maximum atomic E-state index is 13.7. The third kappa shape index (κ3) is 10.0. The lowest BCUT2D eigenvalue weighted by Gasteiger charge is -2.27. The van der Waals surface area contributed by atoms with Crippen molar-refractivity contribution in [3.8, 4) is 17.2 Å². The molecular formula is C24H26F10O5Si. The molecule has 0 radical (unpaired) electrons. The molecule has 2 aromatic rings. The molecule has 226 valence electrons. The molecule has 0 saturated heterocycles. The molecule has 0 bridgehead atoms. The Morgan fingerprint density at radius 2 is 1.35 bits per heavy atom. The number of rotatable bonds is 13. The zero-order valence-electron chi connectivity index (χ0n) is 21.3. The third-order valence-electron chi connectivity index (χ3n) is 5.34. The summed E-state index contributed by atoms with van der Waals surface area (Å²) in [6, 6.07) is 4.84. The van der Waals surface area contributed by atoms with Crippen molar-refractivity contribution >= 4 is 8.07 Å². The van der Waals surface area contributed by atoms with Gasteiger partial charge < -0.3 is 24.1 Å². The van der Waals surface area contributed by atoms with Crippen LogP contribution in [0.1, 0.15) is 28.7 Å². The zero-order valence-corrected chi connectivity index (χ0v) is 22.3. The Balaban J connectivity index is 2.52. The number of hydrogen-bond donors (Lipinski definition) is 1. The molecule has 0 saturated carbocycles. The lowest BCUT2D eigenvalue weighted by molar-refractivity contribution is -0.253. The van der Waals surface area contributed by atoms with Gasteiger partial charge in [0.1, 0.15) is 11.9 Å². The Morgan fingerprint density at radius 1 is 0.775 bits per heavy atom. The first kappa shape index (κ1) is 33.5. The standard InChI is InChI=1S/C24H26F10O5Si/c1-40(2,3)9-8-36-12-37-14-5-6-15(16(11-14)20(23(29,30)31)24(32,33)34)19(35)13-4-7-17(38-21(25)26)18(10-13)39-22(27)28/h4-7,10-11,19-22,35H,8-9,12H2,1-3H3. The smallest absolute Gasteiger partial charge is 0.404 e. The summed E-state index contributed by atoms with van der Waals surface area (Å²) in [7, 11) is -1.48. The summed E-state index contributed by atoms with van der Waals surface area (Å²) >= 11 is 0. The molecule has 5 nitrogen and oxygen atoms in total. The lowest BCUT2D eigenvalue weighted by Crippen LogP contribution is -2.35. The van der Waals surface area contributed by atoms with Crippen LogP contribution in [0.4, 0.5) is 43.9 Å². The molecular weight excluding hydrogens is 586 g/mol. The van der Waals surface area contributed by atoms with E-state index >= 15 is 0 Å². The van der Waals surface area contributed by atoms with E-state index in [4.69, 9.17) is 9.47 Å². The van der Waals surface area contributed by atoms with Crippen molar-refractivity contribution in [3.05, 3.63) is 53.1 Å². The molecule has 1 atom stereocenters. The van der Waals surface area contributed by atoms with Crippen LogP contribution in [-0.2, 0) is 4.74 Å². The number of halogens is 10. The minimum absolute atomic E-state index is 0.251. The SMILES string of the molecule is C[Si](C)(C)CCOCOc1ccc(C(O)c2ccc(OC(F)F)c(OC(F)F)c2)c(C(C(F)(F)F)C(F)(F)F)c1. The summed E-state index contributed by atoms with van der Waals surface area (Å²) in [6.07, 6.45) is -14.0. The Bertz CT molecular complexity index is 1090. The minimum atomic E-state index is -5.86. The topological polar surface area (TPSA) is 57.2 Å². The quantitative estimate of drug-likeness (QED) is 0.108. The summed E-state index contributed by atoms with van der Waals surface area (Å²) in [6.45, 7) is -1.09. The molecule has 0 heterocycles. The summed E-state index contributed by atoms with van der Waals surface area (Å²) in [5, 5.41) is 10.8. The first-order valence-corrected chi connectivity index (χ1v) is 15.2. The zero-order chi connectivity index (χ0) is 30.5. The van der Waals surface area contributed by atoms with Crippen molar-refractivity contribution in [3.63, 3.8) is 0 Å². The fourth-order valence-corrected chi connectivity index (χ4v) is 4.24. The predicted molar refractivity (Wildman–Crippen MR) is 125 cm³/mol. The van der Waals surface area contributed by atoms with Crippen molar-refractivity contribution < 1.29 is 68.0 Å². The molecule has 16 heteroatoms. The second kappa shape index (κ2) is 13.3. The lowest BCUT2D eigenvalue weighted by atomic mass is 9.88. The Kier molecular flexibility index (Phi) is 11.1. The van der Waals surface area contributed by atoms with Gasteiger partial charge in [0, 0.05) is 14.7 Å². The molecule has 0 aliphatic rings. The van der Waals surface area contributed by atoms with E-state index in [1.807, 2.05) is 0 Å². The number of ether oxygens (including phenoxy) is 4. The third-order valence-corrected chi connectivity index (χ3v) is 7.04. The van der Waals surface area contributed by atoms with Gasteiger partial charge in [-0.1, -0.05) is 31.8 Å². The van der Waals surface area contributed by atoms with Gasteiger partial charge in [0.25, 0.3) is 0 Å². The van der Waals surface area contributed by atoms with Crippen molar-refractivity contribution in [2.75, 3.05) is 13.4 Å². The normalized spacial score (nSPS) is 13.7. The molecule has 0 spiro atoms. The first-order valence-electron chi connectivity index (χ1n) is 11.5. The van der Waals surface area contributed by atoms with E-state index in [2.05, 4.69) is 29.1 Å². The molecule has 0 fully saturated rings. The summed E-state index contributed by atoms with van der Waals surface area (Å²) in [5.74, 6) is -6.45. The second-order valence-electron chi connectivity index (χ2n) is 9.65. The van der Waals surface area contributed by atoms with E-state index in [1.54, 1.807) is 0 Å². The van der Waals surface area contributed by atoms with Crippen molar-refractivity contribution in [1.29, 1.82) is 0 Å². The number of aliphatic hydroxyl groups is 1. The number of hydrogen-bond acceptors (Lipinski definition) is 5. The monoisotopic (exact) mass is 612 g/mol. The van der Waals surface area contributed by atoms with Gasteiger partial charge in [-0.2, -0.15) is 43.9 Å². The summed E-state index contributed by atoms with van der Waals surface area (Å²) in [4.78, 5) is 0. The van der Waals surface area contributed by atoms with Gasteiger partial charge in [0.15, 0.2) is 24.2 Å². The fraction of sp³-hybridized carbons (Fsp3) is 0.500. The van der Waals surface area contributed by atoms with Crippen LogP contribution in [-0.4, -0.2) is 52.2 Å². The number of benzene rings is 2. The van der Waals surface area contributed by atoms with Gasteiger partial charge in [0.05, 0.1) is 0 Å². The van der Waals surface area contributed by atoms with Gasteiger partial charge >= 0.3 is 25.6 Å². The highest BCUT2D eigenvalue weighted by molar-refractivity contribution is 6.76. The van der Waals surface area contributed by atoms with E-state index in [-0.39, 0.29) is 6.61 Å². The number of aliphatic hydroxyl groups excluding tert-OH is 1.